The molecule has 14 heavy (non-hydrogen) atoms. The second-order valence-electron chi connectivity index (χ2n) is 2.57. The number of H-pyrrole nitrogens is 1. The van der Waals surface area contributed by atoms with Gasteiger partial charge in [0.1, 0.15) is 6.73 Å². The van der Waals surface area contributed by atoms with Crippen LogP contribution in [0.2, 0.25) is 0 Å². The molecule has 74 valence electrons. The number of hydrogen-bond donors (Lipinski definition) is 1. The van der Waals surface area contributed by atoms with Gasteiger partial charge in [0.2, 0.25) is 0 Å². The molecule has 0 saturated heterocycles. The van der Waals surface area contributed by atoms with Gasteiger partial charge in [-0.1, -0.05) is 0 Å². The maximum Gasteiger partial charge on any atom is 0.330 e. The zero-order valence-electron chi connectivity index (χ0n) is 7.53. The Morgan fingerprint density at radius 2 is 2.36 bits per heavy atom. The summed E-state index contributed by atoms with van der Waals surface area (Å²) in [5, 5.41) is 0. The molecule has 0 amide bonds. The number of aromatic nitrogens is 2. The second-order valence-corrected chi connectivity index (χ2v) is 2.57. The Balaban J connectivity index is 2.56. The van der Waals surface area contributed by atoms with Crippen molar-refractivity contribution in [3.63, 3.8) is 0 Å². The van der Waals surface area contributed by atoms with E-state index in [1.54, 1.807) is 0 Å². The first-order chi connectivity index (χ1) is 6.74. The van der Waals surface area contributed by atoms with Crippen LogP contribution in [0, 0.1) is 12.3 Å². The van der Waals surface area contributed by atoms with E-state index in [1.165, 1.54) is 16.8 Å². The van der Waals surface area contributed by atoms with E-state index in [1.807, 2.05) is 0 Å². The fourth-order valence-corrected chi connectivity index (χ4v) is 0.840. The molecule has 0 fully saturated rings. The van der Waals surface area contributed by atoms with Crippen molar-refractivity contribution in [2.75, 3.05) is 6.61 Å². The summed E-state index contributed by atoms with van der Waals surface area (Å²) in [6.07, 6.45) is 6.88. The van der Waals surface area contributed by atoms with E-state index in [-0.39, 0.29) is 6.73 Å². The summed E-state index contributed by atoms with van der Waals surface area (Å²) in [6, 6.07) is 1.26. The predicted molar refractivity (Wildman–Crippen MR) is 50.7 cm³/mol. The lowest BCUT2D eigenvalue weighted by atomic mass is 10.5. The summed E-state index contributed by atoms with van der Waals surface area (Å²) in [4.78, 5) is 23.9. The van der Waals surface area contributed by atoms with E-state index in [9.17, 15) is 9.59 Å². The molecule has 0 unspecified atom stereocenters. The number of aromatic amines is 1. The monoisotopic (exact) mass is 194 g/mol. The molecule has 0 aliphatic rings. The van der Waals surface area contributed by atoms with E-state index in [2.05, 4.69) is 10.9 Å². The molecule has 0 aliphatic carbocycles. The summed E-state index contributed by atoms with van der Waals surface area (Å²) >= 11 is 0. The van der Waals surface area contributed by atoms with E-state index < -0.39 is 11.2 Å². The number of nitrogens with zero attached hydrogens (tertiary/aromatic N) is 1. The van der Waals surface area contributed by atoms with Crippen molar-refractivity contribution in [3.05, 3.63) is 33.1 Å². The maximum atomic E-state index is 11.1. The molecule has 0 aliphatic heterocycles. The molecule has 1 heterocycles. The average Bonchev–Trinajstić information content (AvgIpc) is 2.15. The summed E-state index contributed by atoms with van der Waals surface area (Å²) < 4.78 is 6.33. The molecule has 0 bridgehead atoms. The SMILES string of the molecule is C#CCCOCn1ccc(=O)[nH]c1=O. The molecule has 1 aromatic heterocycles. The van der Waals surface area contributed by atoms with Crippen LogP contribution in [0.25, 0.3) is 0 Å². The standard InChI is InChI=1S/C9H10N2O3/c1-2-3-6-14-7-11-5-4-8(12)10-9(11)13/h1,4-5H,3,6-7H2,(H,10,12,13). The Morgan fingerprint density at radius 1 is 1.57 bits per heavy atom. The van der Waals surface area contributed by atoms with Crippen molar-refractivity contribution in [2.45, 2.75) is 13.2 Å². The summed E-state index contributed by atoms with van der Waals surface area (Å²) in [5.41, 5.74) is -0.909. The molecule has 1 aromatic rings. The summed E-state index contributed by atoms with van der Waals surface area (Å²) in [7, 11) is 0. The Labute approximate surface area is 80.3 Å². The molecule has 0 saturated carbocycles. The van der Waals surface area contributed by atoms with Crippen LogP contribution in [-0.4, -0.2) is 16.2 Å². The van der Waals surface area contributed by atoms with Gasteiger partial charge >= 0.3 is 5.69 Å². The zero-order valence-corrected chi connectivity index (χ0v) is 7.53. The fourth-order valence-electron chi connectivity index (χ4n) is 0.840. The van der Waals surface area contributed by atoms with Crippen LogP contribution < -0.4 is 11.2 Å². The Morgan fingerprint density at radius 3 is 3.00 bits per heavy atom. The van der Waals surface area contributed by atoms with Crippen LogP contribution in [0.1, 0.15) is 6.42 Å². The van der Waals surface area contributed by atoms with Gasteiger partial charge in [-0.15, -0.1) is 12.3 Å². The first kappa shape index (κ1) is 10.3. The third kappa shape index (κ3) is 2.92. The molecule has 0 aromatic carbocycles. The highest BCUT2D eigenvalue weighted by atomic mass is 16.5. The minimum Gasteiger partial charge on any atom is -0.360 e. The lowest BCUT2D eigenvalue weighted by Gasteiger charge is -2.03. The van der Waals surface area contributed by atoms with Crippen LogP contribution in [0.3, 0.4) is 0 Å². The van der Waals surface area contributed by atoms with E-state index in [0.29, 0.717) is 13.0 Å². The number of rotatable bonds is 4. The van der Waals surface area contributed by atoms with Crippen LogP contribution >= 0.6 is 0 Å². The summed E-state index contributed by atoms with van der Waals surface area (Å²) in [6.45, 7) is 0.485. The smallest absolute Gasteiger partial charge is 0.330 e. The Hall–Kier alpha value is -1.80. The quantitative estimate of drug-likeness (QED) is 0.520. The third-order valence-corrected chi connectivity index (χ3v) is 1.52. The largest absolute Gasteiger partial charge is 0.360 e. The third-order valence-electron chi connectivity index (χ3n) is 1.52. The van der Waals surface area contributed by atoms with Gasteiger partial charge in [0, 0.05) is 18.7 Å². The van der Waals surface area contributed by atoms with Gasteiger partial charge < -0.3 is 4.74 Å². The topological polar surface area (TPSA) is 64.1 Å². The van der Waals surface area contributed by atoms with Gasteiger partial charge in [-0.3, -0.25) is 14.3 Å². The molecule has 5 heteroatoms. The average molecular weight is 194 g/mol. The maximum absolute atomic E-state index is 11.1. The predicted octanol–water partition coefficient (Wildman–Crippen LogP) is -0.466. The second kappa shape index (κ2) is 5.04. The van der Waals surface area contributed by atoms with Crippen molar-refractivity contribution in [3.8, 4) is 12.3 Å². The van der Waals surface area contributed by atoms with E-state index in [4.69, 9.17) is 11.2 Å². The normalized spacial score (nSPS) is 9.64. The lowest BCUT2D eigenvalue weighted by molar-refractivity contribution is 0.0782. The van der Waals surface area contributed by atoms with Gasteiger partial charge in [0.15, 0.2) is 0 Å². The minimum absolute atomic E-state index is 0.0945. The fraction of sp³-hybridized carbons (Fsp3) is 0.333. The number of nitrogens with one attached hydrogen (secondary N) is 1. The molecule has 5 nitrogen and oxygen atoms in total. The Kier molecular flexibility index (Phi) is 3.70. The highest BCUT2D eigenvalue weighted by Gasteiger charge is 1.94. The van der Waals surface area contributed by atoms with Crippen molar-refractivity contribution < 1.29 is 4.74 Å². The van der Waals surface area contributed by atoms with Crippen LogP contribution in [0.5, 0.6) is 0 Å². The first-order valence-corrected chi connectivity index (χ1v) is 4.05. The van der Waals surface area contributed by atoms with Gasteiger partial charge in [-0.05, 0) is 0 Å². The minimum atomic E-state index is -0.488. The van der Waals surface area contributed by atoms with Crippen molar-refractivity contribution in [1.82, 2.24) is 9.55 Å². The van der Waals surface area contributed by atoms with E-state index >= 15 is 0 Å². The molecule has 0 atom stereocenters. The molecular weight excluding hydrogens is 184 g/mol. The number of terminal acetylenes is 1. The molecular formula is C9H10N2O3. The molecule has 1 rings (SSSR count). The first-order valence-electron chi connectivity index (χ1n) is 4.05. The molecule has 1 N–H and O–H groups in total. The molecule has 0 spiro atoms. The van der Waals surface area contributed by atoms with E-state index in [0.717, 1.165) is 0 Å². The van der Waals surface area contributed by atoms with Gasteiger partial charge in [0.25, 0.3) is 5.56 Å². The highest BCUT2D eigenvalue weighted by molar-refractivity contribution is 4.83. The van der Waals surface area contributed by atoms with Crippen LogP contribution in [0.4, 0.5) is 0 Å². The Bertz CT molecular complexity index is 438. The lowest BCUT2D eigenvalue weighted by Crippen LogP contribution is -2.29. The van der Waals surface area contributed by atoms with Crippen LogP contribution in [0.15, 0.2) is 21.9 Å². The number of hydrogen-bond acceptors (Lipinski definition) is 3. The number of ether oxygens (including phenoxy) is 1. The van der Waals surface area contributed by atoms with Crippen molar-refractivity contribution in [2.24, 2.45) is 0 Å². The van der Waals surface area contributed by atoms with Crippen LogP contribution in [-0.2, 0) is 11.5 Å². The van der Waals surface area contributed by atoms with Gasteiger partial charge in [0.05, 0.1) is 6.61 Å². The highest BCUT2D eigenvalue weighted by Crippen LogP contribution is 1.83. The van der Waals surface area contributed by atoms with Crippen molar-refractivity contribution >= 4 is 0 Å². The molecule has 0 radical (unpaired) electrons. The van der Waals surface area contributed by atoms with Gasteiger partial charge in [-0.2, -0.15) is 0 Å². The van der Waals surface area contributed by atoms with Crippen molar-refractivity contribution in [1.29, 1.82) is 0 Å². The van der Waals surface area contributed by atoms with Gasteiger partial charge in [-0.25, -0.2) is 4.79 Å². The zero-order chi connectivity index (χ0) is 10.4. The summed E-state index contributed by atoms with van der Waals surface area (Å²) in [5.74, 6) is 2.41.